The number of methoxy groups -OCH3 is 1. The zero-order valence-electron chi connectivity index (χ0n) is 15.3. The standard InChI is InChI=1S/C20H24BrNO4/c1-4-22(20(23)26-19-11-9-17(24-3)10-12-19)15(2)16-5-7-18(8-6-16)25-14-13-21/h5-12,15H,4,13-14H2,1-3H3/t15-/m0/s1. The number of carbonyl (C=O) groups excluding carboxylic acids is 1. The Labute approximate surface area is 163 Å². The lowest BCUT2D eigenvalue weighted by Gasteiger charge is -2.27. The van der Waals surface area contributed by atoms with E-state index in [1.807, 2.05) is 38.1 Å². The fourth-order valence-corrected chi connectivity index (χ4v) is 2.71. The molecule has 0 aromatic heterocycles. The Bertz CT molecular complexity index is 688. The predicted molar refractivity (Wildman–Crippen MR) is 106 cm³/mol. The molecule has 0 bridgehead atoms. The van der Waals surface area contributed by atoms with E-state index in [2.05, 4.69) is 15.9 Å². The van der Waals surface area contributed by atoms with Crippen molar-refractivity contribution in [1.82, 2.24) is 4.90 Å². The van der Waals surface area contributed by atoms with E-state index in [1.54, 1.807) is 36.3 Å². The molecule has 0 aliphatic rings. The van der Waals surface area contributed by atoms with Gasteiger partial charge in [0.05, 0.1) is 19.8 Å². The van der Waals surface area contributed by atoms with Gasteiger partial charge in [-0.25, -0.2) is 4.79 Å². The number of nitrogens with zero attached hydrogens (tertiary/aromatic N) is 1. The van der Waals surface area contributed by atoms with E-state index in [1.165, 1.54) is 0 Å². The molecule has 0 heterocycles. The first-order valence-corrected chi connectivity index (χ1v) is 9.62. The van der Waals surface area contributed by atoms with Gasteiger partial charge in [-0.2, -0.15) is 0 Å². The zero-order chi connectivity index (χ0) is 18.9. The van der Waals surface area contributed by atoms with Crippen molar-refractivity contribution in [3.05, 3.63) is 54.1 Å². The van der Waals surface area contributed by atoms with Crippen molar-refractivity contribution in [3.63, 3.8) is 0 Å². The second kappa shape index (κ2) is 10.1. The number of ether oxygens (including phenoxy) is 3. The van der Waals surface area contributed by atoms with Crippen molar-refractivity contribution in [3.8, 4) is 17.2 Å². The number of benzene rings is 2. The molecule has 0 radical (unpaired) electrons. The fourth-order valence-electron chi connectivity index (χ4n) is 2.54. The molecule has 0 saturated heterocycles. The van der Waals surface area contributed by atoms with Crippen LogP contribution in [0.5, 0.6) is 17.2 Å². The number of amides is 1. The molecule has 0 fully saturated rings. The summed E-state index contributed by atoms with van der Waals surface area (Å²) in [5.74, 6) is 2.01. The SMILES string of the molecule is CCN(C(=O)Oc1ccc(OC)cc1)[C@@H](C)c1ccc(OCCBr)cc1. The molecule has 1 amide bonds. The van der Waals surface area contributed by atoms with Crippen LogP contribution in [0.4, 0.5) is 4.79 Å². The van der Waals surface area contributed by atoms with E-state index in [-0.39, 0.29) is 12.1 Å². The van der Waals surface area contributed by atoms with Gasteiger partial charge < -0.3 is 19.1 Å². The molecule has 0 spiro atoms. The maximum atomic E-state index is 12.6. The van der Waals surface area contributed by atoms with Gasteiger partial charge in [-0.05, 0) is 55.8 Å². The lowest BCUT2D eigenvalue weighted by atomic mass is 10.1. The molecule has 0 aliphatic carbocycles. The van der Waals surface area contributed by atoms with E-state index >= 15 is 0 Å². The van der Waals surface area contributed by atoms with Crippen molar-refractivity contribution in [2.24, 2.45) is 0 Å². The molecule has 0 aliphatic heterocycles. The summed E-state index contributed by atoms with van der Waals surface area (Å²) in [6.07, 6.45) is -0.384. The second-order valence-corrected chi connectivity index (χ2v) is 6.40. The summed E-state index contributed by atoms with van der Waals surface area (Å²) in [7, 11) is 1.59. The Kier molecular flexibility index (Phi) is 7.78. The maximum absolute atomic E-state index is 12.6. The maximum Gasteiger partial charge on any atom is 0.415 e. The second-order valence-electron chi connectivity index (χ2n) is 5.61. The predicted octanol–water partition coefficient (Wildman–Crippen LogP) is 5.05. The van der Waals surface area contributed by atoms with Crippen LogP contribution >= 0.6 is 15.9 Å². The highest BCUT2D eigenvalue weighted by Crippen LogP contribution is 2.25. The molecule has 2 rings (SSSR count). The number of carbonyl (C=O) groups is 1. The number of hydrogen-bond donors (Lipinski definition) is 0. The Morgan fingerprint density at radius 1 is 1.04 bits per heavy atom. The van der Waals surface area contributed by atoms with E-state index in [9.17, 15) is 4.79 Å². The first-order valence-electron chi connectivity index (χ1n) is 8.50. The Hall–Kier alpha value is -2.21. The molecule has 2 aromatic carbocycles. The van der Waals surface area contributed by atoms with Crippen LogP contribution < -0.4 is 14.2 Å². The van der Waals surface area contributed by atoms with Gasteiger partial charge in [0.1, 0.15) is 17.2 Å². The Balaban J connectivity index is 2.03. The van der Waals surface area contributed by atoms with Crippen LogP contribution in [0.15, 0.2) is 48.5 Å². The summed E-state index contributed by atoms with van der Waals surface area (Å²) in [5, 5.41) is 0.784. The normalized spacial score (nSPS) is 11.5. The third-order valence-electron chi connectivity index (χ3n) is 4.02. The summed E-state index contributed by atoms with van der Waals surface area (Å²) in [5.41, 5.74) is 1.02. The van der Waals surface area contributed by atoms with Crippen LogP contribution in [0, 0.1) is 0 Å². The monoisotopic (exact) mass is 421 g/mol. The van der Waals surface area contributed by atoms with Gasteiger partial charge in [-0.1, -0.05) is 28.1 Å². The number of rotatable bonds is 8. The first-order chi connectivity index (χ1) is 12.6. The Morgan fingerprint density at radius 3 is 2.15 bits per heavy atom. The third-order valence-corrected chi connectivity index (χ3v) is 4.34. The highest BCUT2D eigenvalue weighted by Gasteiger charge is 2.22. The smallest absolute Gasteiger partial charge is 0.415 e. The van der Waals surface area contributed by atoms with Crippen LogP contribution in [-0.2, 0) is 0 Å². The Morgan fingerprint density at radius 2 is 1.62 bits per heavy atom. The molecule has 6 heteroatoms. The summed E-state index contributed by atoms with van der Waals surface area (Å²) in [6, 6.07) is 14.6. The first kappa shape index (κ1) is 20.1. The molecule has 0 unspecified atom stereocenters. The summed E-state index contributed by atoms with van der Waals surface area (Å²) in [6.45, 7) is 5.06. The lowest BCUT2D eigenvalue weighted by molar-refractivity contribution is 0.138. The molecular weight excluding hydrogens is 398 g/mol. The molecule has 0 saturated carbocycles. The van der Waals surface area contributed by atoms with Gasteiger partial charge >= 0.3 is 6.09 Å². The number of halogens is 1. The third kappa shape index (κ3) is 5.39. The van der Waals surface area contributed by atoms with Gasteiger partial charge in [0.25, 0.3) is 0 Å². The van der Waals surface area contributed by atoms with E-state index in [0.29, 0.717) is 24.7 Å². The zero-order valence-corrected chi connectivity index (χ0v) is 16.9. The van der Waals surface area contributed by atoms with Gasteiger partial charge in [0.15, 0.2) is 0 Å². The van der Waals surface area contributed by atoms with Crippen molar-refractivity contribution in [2.45, 2.75) is 19.9 Å². The average molecular weight is 422 g/mol. The molecular formula is C20H24BrNO4. The van der Waals surface area contributed by atoms with Crippen LogP contribution in [0.25, 0.3) is 0 Å². The number of hydrogen-bond acceptors (Lipinski definition) is 4. The van der Waals surface area contributed by atoms with Crippen LogP contribution in [0.3, 0.4) is 0 Å². The molecule has 5 nitrogen and oxygen atoms in total. The van der Waals surface area contributed by atoms with Crippen LogP contribution in [0.1, 0.15) is 25.5 Å². The van der Waals surface area contributed by atoms with Crippen LogP contribution in [0.2, 0.25) is 0 Å². The van der Waals surface area contributed by atoms with Crippen molar-refractivity contribution >= 4 is 22.0 Å². The van der Waals surface area contributed by atoms with E-state index < -0.39 is 0 Å². The van der Waals surface area contributed by atoms with E-state index in [4.69, 9.17) is 14.2 Å². The van der Waals surface area contributed by atoms with Gasteiger partial charge in [0.2, 0.25) is 0 Å². The quantitative estimate of drug-likeness (QED) is 0.559. The minimum Gasteiger partial charge on any atom is -0.497 e. The van der Waals surface area contributed by atoms with Crippen molar-refractivity contribution in [1.29, 1.82) is 0 Å². The van der Waals surface area contributed by atoms with E-state index in [0.717, 1.165) is 16.6 Å². The average Bonchev–Trinajstić information content (AvgIpc) is 2.67. The largest absolute Gasteiger partial charge is 0.497 e. The minimum absolute atomic E-state index is 0.115. The van der Waals surface area contributed by atoms with Crippen molar-refractivity contribution < 1.29 is 19.0 Å². The summed E-state index contributed by atoms with van der Waals surface area (Å²) < 4.78 is 16.2. The number of alkyl halides is 1. The summed E-state index contributed by atoms with van der Waals surface area (Å²) in [4.78, 5) is 14.2. The molecule has 140 valence electrons. The van der Waals surface area contributed by atoms with Crippen molar-refractivity contribution in [2.75, 3.05) is 25.6 Å². The topological polar surface area (TPSA) is 48.0 Å². The molecule has 2 aromatic rings. The molecule has 26 heavy (non-hydrogen) atoms. The minimum atomic E-state index is -0.384. The van der Waals surface area contributed by atoms with Gasteiger partial charge in [0, 0.05) is 11.9 Å². The molecule has 1 atom stereocenters. The van der Waals surface area contributed by atoms with Gasteiger partial charge in [-0.15, -0.1) is 0 Å². The molecule has 0 N–H and O–H groups in total. The summed E-state index contributed by atoms with van der Waals surface area (Å²) >= 11 is 3.33. The van der Waals surface area contributed by atoms with Gasteiger partial charge in [-0.3, -0.25) is 0 Å². The highest BCUT2D eigenvalue weighted by atomic mass is 79.9. The lowest BCUT2D eigenvalue weighted by Crippen LogP contribution is -2.35. The fraction of sp³-hybridized carbons (Fsp3) is 0.350. The van der Waals surface area contributed by atoms with Crippen LogP contribution in [-0.4, -0.2) is 36.6 Å². The highest BCUT2D eigenvalue weighted by molar-refractivity contribution is 9.09.